The highest BCUT2D eigenvalue weighted by Gasteiger charge is 2.52. The summed E-state index contributed by atoms with van der Waals surface area (Å²) in [6.45, 7) is 9.30. The number of rotatable bonds is 2. The maximum absolute atomic E-state index is 14.5. The maximum atomic E-state index is 14.5. The molecular weight excluding hydrogens is 270 g/mol. The van der Waals surface area contributed by atoms with E-state index in [1.165, 1.54) is 0 Å². The van der Waals surface area contributed by atoms with Crippen LogP contribution in [0.1, 0.15) is 45.6 Å². The standard InChI is InChI=1S/C16H22BFO3/c1-15(2)16(3,4)21-17(20-15)13-6-5-11(9-14(13)18)12-7-8-19-10-12/h5-6,9,12H,7-8,10H2,1-4H3. The number of benzene rings is 1. The van der Waals surface area contributed by atoms with Crippen LogP contribution in [-0.4, -0.2) is 31.5 Å². The molecule has 0 saturated carbocycles. The Kier molecular flexibility index (Phi) is 3.63. The third-order valence-electron chi connectivity index (χ3n) is 4.93. The van der Waals surface area contributed by atoms with Gasteiger partial charge in [0, 0.05) is 18.0 Å². The van der Waals surface area contributed by atoms with Crippen molar-refractivity contribution in [3.05, 3.63) is 29.6 Å². The first-order valence-electron chi connectivity index (χ1n) is 7.53. The fourth-order valence-corrected chi connectivity index (χ4v) is 2.76. The molecule has 0 spiro atoms. The second-order valence-electron chi connectivity index (χ2n) is 6.93. The summed E-state index contributed by atoms with van der Waals surface area (Å²) in [5.41, 5.74) is 0.547. The molecule has 2 heterocycles. The van der Waals surface area contributed by atoms with Crippen molar-refractivity contribution in [2.75, 3.05) is 13.2 Å². The lowest BCUT2D eigenvalue weighted by molar-refractivity contribution is 0.00578. The summed E-state index contributed by atoms with van der Waals surface area (Å²) in [4.78, 5) is 0. The zero-order chi connectivity index (χ0) is 15.3. The van der Waals surface area contributed by atoms with Gasteiger partial charge in [0.1, 0.15) is 5.82 Å². The van der Waals surface area contributed by atoms with Crippen molar-refractivity contribution in [2.24, 2.45) is 0 Å². The zero-order valence-electron chi connectivity index (χ0n) is 13.1. The molecule has 0 aliphatic carbocycles. The first-order chi connectivity index (χ1) is 9.80. The van der Waals surface area contributed by atoms with Crippen LogP contribution in [0, 0.1) is 5.82 Å². The lowest BCUT2D eigenvalue weighted by Gasteiger charge is -2.32. The van der Waals surface area contributed by atoms with Gasteiger partial charge in [0.05, 0.1) is 17.8 Å². The van der Waals surface area contributed by atoms with Gasteiger partial charge in [-0.3, -0.25) is 0 Å². The minimum atomic E-state index is -0.649. The summed E-state index contributed by atoms with van der Waals surface area (Å²) in [6, 6.07) is 5.34. The summed E-state index contributed by atoms with van der Waals surface area (Å²) >= 11 is 0. The Hall–Kier alpha value is -0.905. The van der Waals surface area contributed by atoms with Crippen molar-refractivity contribution in [3.63, 3.8) is 0 Å². The lowest BCUT2D eigenvalue weighted by Crippen LogP contribution is -2.41. The highest BCUT2D eigenvalue weighted by Crippen LogP contribution is 2.36. The van der Waals surface area contributed by atoms with Crippen LogP contribution in [0.5, 0.6) is 0 Å². The molecule has 2 saturated heterocycles. The Labute approximate surface area is 125 Å². The average Bonchev–Trinajstić information content (AvgIpc) is 2.96. The van der Waals surface area contributed by atoms with Gasteiger partial charge >= 0.3 is 7.12 Å². The first-order valence-corrected chi connectivity index (χ1v) is 7.53. The molecule has 0 radical (unpaired) electrons. The molecule has 1 unspecified atom stereocenters. The van der Waals surface area contributed by atoms with Crippen molar-refractivity contribution in [1.82, 2.24) is 0 Å². The van der Waals surface area contributed by atoms with E-state index in [2.05, 4.69) is 0 Å². The highest BCUT2D eigenvalue weighted by molar-refractivity contribution is 6.62. The Balaban J connectivity index is 1.84. The molecule has 0 N–H and O–H groups in total. The molecule has 1 aromatic carbocycles. The SMILES string of the molecule is CC1(C)OB(c2ccc(C3CCOC3)cc2F)OC1(C)C. The van der Waals surface area contributed by atoms with Gasteiger partial charge in [-0.25, -0.2) is 4.39 Å². The van der Waals surface area contributed by atoms with Crippen LogP contribution in [0.4, 0.5) is 4.39 Å². The third-order valence-corrected chi connectivity index (χ3v) is 4.93. The zero-order valence-corrected chi connectivity index (χ0v) is 13.1. The molecule has 0 amide bonds. The predicted octanol–water partition coefficient (Wildman–Crippen LogP) is 2.63. The minimum absolute atomic E-state index is 0.266. The second kappa shape index (κ2) is 5.08. The van der Waals surface area contributed by atoms with Crippen LogP contribution in [0.25, 0.3) is 0 Å². The highest BCUT2D eigenvalue weighted by atomic mass is 19.1. The van der Waals surface area contributed by atoms with Gasteiger partial charge in [0.2, 0.25) is 0 Å². The molecule has 21 heavy (non-hydrogen) atoms. The van der Waals surface area contributed by atoms with Crippen molar-refractivity contribution < 1.29 is 18.4 Å². The van der Waals surface area contributed by atoms with Crippen LogP contribution < -0.4 is 5.46 Å². The summed E-state index contributed by atoms with van der Waals surface area (Å²) in [7, 11) is -0.649. The fraction of sp³-hybridized carbons (Fsp3) is 0.625. The van der Waals surface area contributed by atoms with E-state index in [1.807, 2.05) is 33.8 Å². The Morgan fingerprint density at radius 3 is 2.33 bits per heavy atom. The minimum Gasteiger partial charge on any atom is -0.399 e. The summed E-state index contributed by atoms with van der Waals surface area (Å²) in [5, 5.41) is 0. The fourth-order valence-electron chi connectivity index (χ4n) is 2.76. The number of halogens is 1. The van der Waals surface area contributed by atoms with Crippen LogP contribution >= 0.6 is 0 Å². The Bertz CT molecular complexity index is 522. The van der Waals surface area contributed by atoms with Crippen molar-refractivity contribution in [1.29, 1.82) is 0 Å². The molecule has 0 bridgehead atoms. The molecule has 1 atom stereocenters. The molecule has 1 aromatic rings. The average molecular weight is 292 g/mol. The van der Waals surface area contributed by atoms with E-state index in [-0.39, 0.29) is 5.82 Å². The van der Waals surface area contributed by atoms with E-state index in [0.717, 1.165) is 18.6 Å². The quantitative estimate of drug-likeness (QED) is 0.784. The van der Waals surface area contributed by atoms with Crippen molar-refractivity contribution >= 4 is 12.6 Å². The molecule has 3 nitrogen and oxygen atoms in total. The Morgan fingerprint density at radius 1 is 1.14 bits per heavy atom. The maximum Gasteiger partial charge on any atom is 0.497 e. The number of hydrogen-bond acceptors (Lipinski definition) is 3. The predicted molar refractivity (Wildman–Crippen MR) is 80.3 cm³/mol. The smallest absolute Gasteiger partial charge is 0.399 e. The van der Waals surface area contributed by atoms with Crippen LogP contribution in [0.2, 0.25) is 0 Å². The number of ether oxygens (including phenoxy) is 1. The van der Waals surface area contributed by atoms with Gasteiger partial charge in [0.25, 0.3) is 0 Å². The molecule has 114 valence electrons. The summed E-state index contributed by atoms with van der Waals surface area (Å²) in [6.07, 6.45) is 0.954. The van der Waals surface area contributed by atoms with Crippen molar-refractivity contribution in [2.45, 2.75) is 51.2 Å². The second-order valence-corrected chi connectivity index (χ2v) is 6.93. The van der Waals surface area contributed by atoms with Crippen LogP contribution in [0.3, 0.4) is 0 Å². The third kappa shape index (κ3) is 2.63. The van der Waals surface area contributed by atoms with E-state index in [1.54, 1.807) is 12.1 Å². The van der Waals surface area contributed by atoms with E-state index in [0.29, 0.717) is 18.0 Å². The van der Waals surface area contributed by atoms with E-state index < -0.39 is 18.3 Å². The monoisotopic (exact) mass is 292 g/mol. The molecule has 2 fully saturated rings. The van der Waals surface area contributed by atoms with Gasteiger partial charge in [0.15, 0.2) is 0 Å². The lowest BCUT2D eigenvalue weighted by atomic mass is 9.77. The summed E-state index contributed by atoms with van der Waals surface area (Å²) in [5.74, 6) is 0.0322. The van der Waals surface area contributed by atoms with Crippen LogP contribution in [-0.2, 0) is 14.0 Å². The van der Waals surface area contributed by atoms with Crippen molar-refractivity contribution in [3.8, 4) is 0 Å². The van der Waals surface area contributed by atoms with E-state index in [9.17, 15) is 4.39 Å². The first kappa shape index (κ1) is 15.0. The van der Waals surface area contributed by atoms with Gasteiger partial charge in [-0.05, 0) is 45.7 Å². The van der Waals surface area contributed by atoms with Gasteiger partial charge in [-0.1, -0.05) is 12.1 Å². The molecular formula is C16H22BFO3. The Morgan fingerprint density at radius 2 is 1.81 bits per heavy atom. The topological polar surface area (TPSA) is 27.7 Å². The normalized spacial score (nSPS) is 27.3. The molecule has 2 aliphatic rings. The van der Waals surface area contributed by atoms with Gasteiger partial charge in [-0.2, -0.15) is 0 Å². The van der Waals surface area contributed by atoms with Gasteiger partial charge < -0.3 is 14.0 Å². The number of hydrogen-bond donors (Lipinski definition) is 0. The molecule has 3 rings (SSSR count). The largest absolute Gasteiger partial charge is 0.497 e. The molecule has 5 heteroatoms. The molecule has 0 aromatic heterocycles. The van der Waals surface area contributed by atoms with E-state index in [4.69, 9.17) is 14.0 Å². The van der Waals surface area contributed by atoms with E-state index >= 15 is 0 Å². The van der Waals surface area contributed by atoms with Crippen LogP contribution in [0.15, 0.2) is 18.2 Å². The van der Waals surface area contributed by atoms with Gasteiger partial charge in [-0.15, -0.1) is 0 Å². The summed E-state index contributed by atoms with van der Waals surface area (Å²) < 4.78 is 31.6. The molecule has 2 aliphatic heterocycles.